The summed E-state index contributed by atoms with van der Waals surface area (Å²) in [6.07, 6.45) is 2.82. The number of halogens is 3. The summed E-state index contributed by atoms with van der Waals surface area (Å²) in [5.74, 6) is 0. The van der Waals surface area contributed by atoms with Gasteiger partial charge in [0.1, 0.15) is 0 Å². The maximum atomic E-state index is 5.93. The van der Waals surface area contributed by atoms with Crippen molar-refractivity contribution < 1.29 is 0 Å². The molecule has 0 aliphatic heterocycles. The van der Waals surface area contributed by atoms with Gasteiger partial charge in [0, 0.05) is 32.8 Å². The predicted molar refractivity (Wildman–Crippen MR) is 91.0 cm³/mol. The Morgan fingerprint density at radius 1 is 1.25 bits per heavy atom. The molecule has 1 aromatic heterocycles. The average molecular weight is 419 g/mol. The third-order valence-corrected chi connectivity index (χ3v) is 4.45. The Morgan fingerprint density at radius 3 is 2.55 bits per heavy atom. The zero-order valence-corrected chi connectivity index (χ0v) is 15.0. The summed E-state index contributed by atoms with van der Waals surface area (Å²) in [6, 6.07) is 10.3. The molecule has 0 radical (unpaired) electrons. The van der Waals surface area contributed by atoms with Crippen LogP contribution in [0.25, 0.3) is 0 Å². The molecule has 0 fully saturated rings. The highest BCUT2D eigenvalue weighted by molar-refractivity contribution is 9.11. The number of nitrogens with zero attached hydrogens (tertiary/aromatic N) is 1. The first-order valence-electron chi connectivity index (χ1n) is 6.39. The van der Waals surface area contributed by atoms with Crippen molar-refractivity contribution in [3.8, 4) is 0 Å². The molecule has 1 N–H and O–H groups in total. The smallest absolute Gasteiger partial charge is 0.0684 e. The third kappa shape index (κ3) is 4.29. The van der Waals surface area contributed by atoms with Crippen LogP contribution in [0, 0.1) is 0 Å². The summed E-state index contributed by atoms with van der Waals surface area (Å²) >= 11 is 12.9. The van der Waals surface area contributed by atoms with Gasteiger partial charge < -0.3 is 5.32 Å². The molecule has 2 aromatic rings. The van der Waals surface area contributed by atoms with E-state index in [1.807, 2.05) is 24.4 Å². The van der Waals surface area contributed by atoms with E-state index in [0.717, 1.165) is 32.6 Å². The van der Waals surface area contributed by atoms with Gasteiger partial charge in [0.2, 0.25) is 0 Å². The van der Waals surface area contributed by atoms with Crippen molar-refractivity contribution in [3.63, 3.8) is 0 Å². The molecule has 5 heteroatoms. The SMILES string of the molecule is CCC(NCc1ncc(Br)cc1Br)c1ccc(Cl)cc1. The first-order valence-corrected chi connectivity index (χ1v) is 8.35. The fourth-order valence-corrected chi connectivity index (χ4v) is 3.24. The molecular formula is C15H15Br2ClN2. The molecule has 2 rings (SSSR count). The minimum absolute atomic E-state index is 0.296. The first-order chi connectivity index (χ1) is 9.60. The van der Waals surface area contributed by atoms with E-state index >= 15 is 0 Å². The number of hydrogen-bond donors (Lipinski definition) is 1. The molecule has 0 aliphatic rings. The van der Waals surface area contributed by atoms with Crippen LogP contribution in [0.15, 0.2) is 45.5 Å². The summed E-state index contributed by atoms with van der Waals surface area (Å²) in [4.78, 5) is 4.41. The molecule has 1 unspecified atom stereocenters. The zero-order chi connectivity index (χ0) is 14.5. The van der Waals surface area contributed by atoms with Crippen LogP contribution >= 0.6 is 43.5 Å². The number of rotatable bonds is 5. The second kappa shape index (κ2) is 7.55. The Bertz CT molecular complexity index is 573. The summed E-state index contributed by atoms with van der Waals surface area (Å²) < 4.78 is 1.98. The molecule has 0 aliphatic carbocycles. The Balaban J connectivity index is 2.05. The fraction of sp³-hybridized carbons (Fsp3) is 0.267. The van der Waals surface area contributed by atoms with Crippen molar-refractivity contribution in [1.29, 1.82) is 0 Å². The molecule has 0 spiro atoms. The summed E-state index contributed by atoms with van der Waals surface area (Å²) in [5, 5.41) is 4.30. The summed E-state index contributed by atoms with van der Waals surface area (Å²) in [5.41, 5.74) is 2.24. The molecule has 1 atom stereocenters. The van der Waals surface area contributed by atoms with E-state index < -0.39 is 0 Å². The molecule has 0 bridgehead atoms. The lowest BCUT2D eigenvalue weighted by Crippen LogP contribution is -2.21. The molecule has 1 heterocycles. The van der Waals surface area contributed by atoms with Crippen LogP contribution in [0.5, 0.6) is 0 Å². The molecule has 1 aromatic carbocycles. The number of aromatic nitrogens is 1. The highest BCUT2D eigenvalue weighted by atomic mass is 79.9. The van der Waals surface area contributed by atoms with E-state index in [9.17, 15) is 0 Å². The third-order valence-electron chi connectivity index (χ3n) is 3.08. The highest BCUT2D eigenvalue weighted by Crippen LogP contribution is 2.22. The quantitative estimate of drug-likeness (QED) is 0.693. The van der Waals surface area contributed by atoms with Crippen molar-refractivity contribution in [1.82, 2.24) is 10.3 Å². The Hall–Kier alpha value is -0.420. The van der Waals surface area contributed by atoms with E-state index in [-0.39, 0.29) is 0 Å². The number of pyridine rings is 1. The Labute approximate surface area is 141 Å². The van der Waals surface area contributed by atoms with Crippen molar-refractivity contribution in [2.45, 2.75) is 25.9 Å². The van der Waals surface area contributed by atoms with Crippen molar-refractivity contribution in [2.24, 2.45) is 0 Å². The van der Waals surface area contributed by atoms with Gasteiger partial charge in [-0.05, 0) is 62.0 Å². The van der Waals surface area contributed by atoms with Crippen LogP contribution < -0.4 is 5.32 Å². The van der Waals surface area contributed by atoms with Crippen molar-refractivity contribution in [3.05, 3.63) is 61.8 Å². The van der Waals surface area contributed by atoms with Gasteiger partial charge in [0.15, 0.2) is 0 Å². The second-order valence-electron chi connectivity index (χ2n) is 4.48. The van der Waals surface area contributed by atoms with Crippen LogP contribution in [0.2, 0.25) is 5.02 Å². The molecule has 2 nitrogen and oxygen atoms in total. The van der Waals surface area contributed by atoms with Crippen LogP contribution in [0.3, 0.4) is 0 Å². The molecule has 0 amide bonds. The molecule has 0 saturated carbocycles. The van der Waals surface area contributed by atoms with Gasteiger partial charge in [-0.3, -0.25) is 4.98 Å². The fourth-order valence-electron chi connectivity index (χ4n) is 1.99. The van der Waals surface area contributed by atoms with Gasteiger partial charge in [-0.15, -0.1) is 0 Å². The topological polar surface area (TPSA) is 24.9 Å². The summed E-state index contributed by atoms with van der Waals surface area (Å²) in [6.45, 7) is 2.88. The van der Waals surface area contributed by atoms with E-state index in [0.29, 0.717) is 6.04 Å². The average Bonchev–Trinajstić information content (AvgIpc) is 2.43. The van der Waals surface area contributed by atoms with Crippen LogP contribution in [0.1, 0.15) is 30.6 Å². The number of benzene rings is 1. The Morgan fingerprint density at radius 2 is 1.95 bits per heavy atom. The largest absolute Gasteiger partial charge is 0.304 e. The molecule has 106 valence electrons. The number of hydrogen-bond acceptors (Lipinski definition) is 2. The zero-order valence-electron chi connectivity index (χ0n) is 11.0. The van der Waals surface area contributed by atoms with Gasteiger partial charge in [0.05, 0.1) is 5.69 Å². The van der Waals surface area contributed by atoms with Gasteiger partial charge >= 0.3 is 0 Å². The van der Waals surface area contributed by atoms with Gasteiger partial charge in [-0.2, -0.15) is 0 Å². The highest BCUT2D eigenvalue weighted by Gasteiger charge is 2.10. The van der Waals surface area contributed by atoms with Crippen molar-refractivity contribution in [2.75, 3.05) is 0 Å². The van der Waals surface area contributed by atoms with E-state index in [1.54, 1.807) is 0 Å². The minimum atomic E-state index is 0.296. The van der Waals surface area contributed by atoms with E-state index in [4.69, 9.17) is 11.6 Å². The van der Waals surface area contributed by atoms with Gasteiger partial charge in [-0.25, -0.2) is 0 Å². The maximum absolute atomic E-state index is 5.93. The van der Waals surface area contributed by atoms with Crippen LogP contribution in [0.4, 0.5) is 0 Å². The van der Waals surface area contributed by atoms with Gasteiger partial charge in [0.25, 0.3) is 0 Å². The predicted octanol–water partition coefficient (Wildman–Crippen LogP) is 5.50. The summed E-state index contributed by atoms with van der Waals surface area (Å²) in [7, 11) is 0. The number of nitrogens with one attached hydrogen (secondary N) is 1. The van der Waals surface area contributed by atoms with E-state index in [1.165, 1.54) is 5.56 Å². The lowest BCUT2D eigenvalue weighted by Gasteiger charge is -2.17. The second-order valence-corrected chi connectivity index (χ2v) is 6.68. The standard InChI is InChI=1S/C15H15Br2ClN2/c1-2-14(10-3-5-12(18)6-4-10)20-9-15-13(17)7-11(16)8-19-15/h3-8,14,20H,2,9H2,1H3. The van der Waals surface area contributed by atoms with E-state index in [2.05, 4.69) is 61.2 Å². The van der Waals surface area contributed by atoms with Crippen LogP contribution in [-0.4, -0.2) is 4.98 Å². The van der Waals surface area contributed by atoms with Gasteiger partial charge in [-0.1, -0.05) is 30.7 Å². The normalized spacial score (nSPS) is 12.4. The maximum Gasteiger partial charge on any atom is 0.0684 e. The molecular weight excluding hydrogens is 403 g/mol. The van der Waals surface area contributed by atoms with Crippen molar-refractivity contribution >= 4 is 43.5 Å². The molecule has 0 saturated heterocycles. The lowest BCUT2D eigenvalue weighted by molar-refractivity contribution is 0.513. The Kier molecular flexibility index (Phi) is 6.02. The lowest BCUT2D eigenvalue weighted by atomic mass is 10.0. The molecule has 20 heavy (non-hydrogen) atoms. The van der Waals surface area contributed by atoms with Crippen LogP contribution in [-0.2, 0) is 6.54 Å². The monoisotopic (exact) mass is 416 g/mol. The minimum Gasteiger partial charge on any atom is -0.304 e. The first kappa shape index (κ1) is 16.0.